The zero-order chi connectivity index (χ0) is 19.2. The number of carbonyl (C=O) groups is 3. The molecule has 2 amide bonds. The smallest absolute Gasteiger partial charge is 0.306 e. The molecule has 0 bridgehead atoms. The normalized spacial score (nSPS) is 18.7. The Balaban J connectivity index is 1.47. The quantitative estimate of drug-likeness (QED) is 0.686. The molecule has 2 aromatic rings. The van der Waals surface area contributed by atoms with E-state index in [9.17, 15) is 14.4 Å². The van der Waals surface area contributed by atoms with E-state index in [0.717, 1.165) is 0 Å². The number of furan rings is 1. The van der Waals surface area contributed by atoms with Gasteiger partial charge in [0.15, 0.2) is 12.4 Å². The Labute approximate surface area is 155 Å². The molecule has 0 saturated heterocycles. The van der Waals surface area contributed by atoms with E-state index in [1.54, 1.807) is 36.4 Å². The molecule has 1 aliphatic carbocycles. The number of amides is 2. The number of carbonyl (C=O) groups excluding carboxylic acids is 2. The third-order valence-corrected chi connectivity index (χ3v) is 4.35. The maximum atomic E-state index is 12.0. The molecule has 8 nitrogen and oxygen atoms in total. The number of anilines is 1. The Morgan fingerprint density at radius 1 is 1.19 bits per heavy atom. The van der Waals surface area contributed by atoms with Gasteiger partial charge in [0.25, 0.3) is 11.8 Å². The summed E-state index contributed by atoms with van der Waals surface area (Å²) in [5, 5.41) is 14.5. The number of ether oxygens (including phenoxy) is 1. The van der Waals surface area contributed by atoms with Crippen molar-refractivity contribution in [1.29, 1.82) is 0 Å². The molecule has 142 valence electrons. The highest BCUT2D eigenvalue weighted by Gasteiger charge is 2.30. The van der Waals surface area contributed by atoms with Gasteiger partial charge in [-0.2, -0.15) is 0 Å². The fourth-order valence-corrected chi connectivity index (χ4v) is 3.02. The summed E-state index contributed by atoms with van der Waals surface area (Å²) in [6.45, 7) is -0.191. The van der Waals surface area contributed by atoms with E-state index in [0.29, 0.717) is 30.7 Å². The van der Waals surface area contributed by atoms with E-state index in [2.05, 4.69) is 10.6 Å². The molecular weight excluding hydrogens is 352 g/mol. The molecule has 3 rings (SSSR count). The maximum Gasteiger partial charge on any atom is 0.306 e. The molecule has 0 aliphatic heterocycles. The van der Waals surface area contributed by atoms with Crippen LogP contribution in [0.25, 0.3) is 0 Å². The second kappa shape index (κ2) is 8.39. The summed E-state index contributed by atoms with van der Waals surface area (Å²) in [6, 6.07) is 9.70. The van der Waals surface area contributed by atoms with Crippen LogP contribution >= 0.6 is 0 Å². The zero-order valence-corrected chi connectivity index (χ0v) is 14.5. The Morgan fingerprint density at radius 3 is 2.74 bits per heavy atom. The molecular formula is C19H20N2O6. The molecule has 3 N–H and O–H groups in total. The molecule has 8 heteroatoms. The van der Waals surface area contributed by atoms with Gasteiger partial charge >= 0.3 is 5.97 Å². The minimum absolute atomic E-state index is 0.138. The molecule has 1 saturated carbocycles. The van der Waals surface area contributed by atoms with E-state index in [-0.39, 0.29) is 30.2 Å². The van der Waals surface area contributed by atoms with Gasteiger partial charge in [-0.25, -0.2) is 0 Å². The number of benzene rings is 1. The largest absolute Gasteiger partial charge is 0.484 e. The average molecular weight is 372 g/mol. The van der Waals surface area contributed by atoms with Gasteiger partial charge in [-0.1, -0.05) is 6.07 Å². The fourth-order valence-electron chi connectivity index (χ4n) is 3.02. The average Bonchev–Trinajstić information content (AvgIpc) is 3.32. The molecule has 1 aliphatic rings. The summed E-state index contributed by atoms with van der Waals surface area (Å²) in [6.07, 6.45) is 3.07. The van der Waals surface area contributed by atoms with Crippen LogP contribution in [0.15, 0.2) is 47.1 Å². The summed E-state index contributed by atoms with van der Waals surface area (Å²) >= 11 is 0. The van der Waals surface area contributed by atoms with Gasteiger partial charge in [0.1, 0.15) is 5.75 Å². The zero-order valence-electron chi connectivity index (χ0n) is 14.5. The molecule has 1 heterocycles. The Hall–Kier alpha value is -3.29. The van der Waals surface area contributed by atoms with Crippen molar-refractivity contribution in [2.45, 2.75) is 25.3 Å². The third-order valence-electron chi connectivity index (χ3n) is 4.35. The van der Waals surface area contributed by atoms with Crippen LogP contribution in [0.2, 0.25) is 0 Å². The van der Waals surface area contributed by atoms with Crippen LogP contribution < -0.4 is 15.4 Å². The minimum atomic E-state index is -0.823. The number of hydrogen-bond donors (Lipinski definition) is 3. The molecule has 2 atom stereocenters. The van der Waals surface area contributed by atoms with Crippen molar-refractivity contribution < 1.29 is 28.6 Å². The minimum Gasteiger partial charge on any atom is -0.484 e. The monoisotopic (exact) mass is 372 g/mol. The van der Waals surface area contributed by atoms with Gasteiger partial charge in [0.05, 0.1) is 12.2 Å². The van der Waals surface area contributed by atoms with Crippen molar-refractivity contribution in [3.8, 4) is 5.75 Å². The Bertz CT molecular complexity index is 817. The summed E-state index contributed by atoms with van der Waals surface area (Å²) in [5.41, 5.74) is 0.509. The molecule has 1 aromatic heterocycles. The van der Waals surface area contributed by atoms with Crippen LogP contribution in [0.5, 0.6) is 5.75 Å². The third kappa shape index (κ3) is 5.10. The first-order valence-corrected chi connectivity index (χ1v) is 8.61. The molecule has 0 unspecified atom stereocenters. The first kappa shape index (κ1) is 18.5. The van der Waals surface area contributed by atoms with Crippen molar-refractivity contribution in [2.24, 2.45) is 5.92 Å². The molecule has 0 spiro atoms. The highest BCUT2D eigenvalue weighted by Crippen LogP contribution is 2.25. The molecule has 1 fully saturated rings. The first-order chi connectivity index (χ1) is 13.0. The van der Waals surface area contributed by atoms with E-state index in [4.69, 9.17) is 14.3 Å². The van der Waals surface area contributed by atoms with Crippen LogP contribution in [-0.4, -0.2) is 35.5 Å². The number of aliphatic carboxylic acids is 1. The van der Waals surface area contributed by atoms with Crippen LogP contribution in [0.3, 0.4) is 0 Å². The lowest BCUT2D eigenvalue weighted by Gasteiger charge is -2.13. The summed E-state index contributed by atoms with van der Waals surface area (Å²) < 4.78 is 10.5. The van der Waals surface area contributed by atoms with Crippen LogP contribution in [0, 0.1) is 5.92 Å². The number of carboxylic acids is 1. The van der Waals surface area contributed by atoms with E-state index in [1.165, 1.54) is 6.26 Å². The maximum absolute atomic E-state index is 12.0. The van der Waals surface area contributed by atoms with Crippen molar-refractivity contribution in [3.05, 3.63) is 48.4 Å². The standard InChI is InChI=1S/C19H20N2O6/c22-17(20-14-7-6-12(9-14)19(24)25)11-27-15-4-1-3-13(10-15)21-18(23)16-5-2-8-26-16/h1-5,8,10,12,14H,6-7,9,11H2,(H,20,22)(H,21,23)(H,24,25)/t12-,14+/m1/s1. The van der Waals surface area contributed by atoms with Gasteiger partial charge in [0.2, 0.25) is 0 Å². The lowest BCUT2D eigenvalue weighted by molar-refractivity contribution is -0.141. The summed E-state index contributed by atoms with van der Waals surface area (Å²) in [5.74, 6) is -1.29. The first-order valence-electron chi connectivity index (χ1n) is 8.61. The number of hydrogen-bond acceptors (Lipinski definition) is 5. The van der Waals surface area contributed by atoms with Crippen molar-refractivity contribution in [2.75, 3.05) is 11.9 Å². The second-order valence-electron chi connectivity index (χ2n) is 6.36. The van der Waals surface area contributed by atoms with Crippen molar-refractivity contribution >= 4 is 23.5 Å². The van der Waals surface area contributed by atoms with E-state index >= 15 is 0 Å². The van der Waals surface area contributed by atoms with Gasteiger partial charge in [-0.3, -0.25) is 14.4 Å². The van der Waals surface area contributed by atoms with Gasteiger partial charge in [0, 0.05) is 17.8 Å². The number of rotatable bonds is 7. The van der Waals surface area contributed by atoms with Gasteiger partial charge in [-0.15, -0.1) is 0 Å². The molecule has 27 heavy (non-hydrogen) atoms. The summed E-state index contributed by atoms with van der Waals surface area (Å²) in [7, 11) is 0. The number of nitrogens with one attached hydrogen (secondary N) is 2. The highest BCUT2D eigenvalue weighted by atomic mass is 16.5. The van der Waals surface area contributed by atoms with Crippen molar-refractivity contribution in [1.82, 2.24) is 5.32 Å². The lowest BCUT2D eigenvalue weighted by Crippen LogP contribution is -2.36. The van der Waals surface area contributed by atoms with Crippen molar-refractivity contribution in [3.63, 3.8) is 0 Å². The second-order valence-corrected chi connectivity index (χ2v) is 6.36. The SMILES string of the molecule is O=C(COc1cccc(NC(=O)c2ccco2)c1)N[C@H]1CC[C@@H](C(=O)O)C1. The predicted molar refractivity (Wildman–Crippen MR) is 95.5 cm³/mol. The van der Waals surface area contributed by atoms with Gasteiger partial charge in [-0.05, 0) is 43.5 Å². The van der Waals surface area contributed by atoms with Crippen LogP contribution in [0.1, 0.15) is 29.8 Å². The van der Waals surface area contributed by atoms with E-state index in [1.807, 2.05) is 0 Å². The Kier molecular flexibility index (Phi) is 5.75. The molecule has 1 aromatic carbocycles. The lowest BCUT2D eigenvalue weighted by atomic mass is 10.1. The Morgan fingerprint density at radius 2 is 2.04 bits per heavy atom. The van der Waals surface area contributed by atoms with Crippen LogP contribution in [-0.2, 0) is 9.59 Å². The van der Waals surface area contributed by atoms with E-state index < -0.39 is 11.9 Å². The summed E-state index contributed by atoms with van der Waals surface area (Å²) in [4.78, 5) is 34.9. The predicted octanol–water partition coefficient (Wildman–Crippen LogP) is 2.28. The van der Waals surface area contributed by atoms with Crippen LogP contribution in [0.4, 0.5) is 5.69 Å². The molecule has 0 radical (unpaired) electrons. The van der Waals surface area contributed by atoms with Gasteiger partial charge < -0.3 is 24.9 Å². The highest BCUT2D eigenvalue weighted by molar-refractivity contribution is 6.02. The fraction of sp³-hybridized carbons (Fsp3) is 0.316. The number of carboxylic acid groups (broad SMARTS) is 1. The topological polar surface area (TPSA) is 118 Å².